The molecular formula is C20H20F4N4O3. The summed E-state index contributed by atoms with van der Waals surface area (Å²) in [7, 11) is 3.15. The van der Waals surface area contributed by atoms with Gasteiger partial charge in [0, 0.05) is 26.4 Å². The van der Waals surface area contributed by atoms with E-state index in [0.717, 1.165) is 12.1 Å². The van der Waals surface area contributed by atoms with Gasteiger partial charge in [-0.2, -0.15) is 8.78 Å². The number of nitrogens with one attached hydrogen (secondary N) is 1. The number of nitrogens with zero attached hydrogens (tertiary/aromatic N) is 3. The van der Waals surface area contributed by atoms with Gasteiger partial charge in [-0.05, 0) is 25.1 Å². The van der Waals surface area contributed by atoms with E-state index in [1.807, 2.05) is 0 Å². The molecule has 0 bridgehead atoms. The lowest BCUT2D eigenvalue weighted by atomic mass is 10.1. The average molecular weight is 440 g/mol. The molecule has 11 heteroatoms. The number of hydrazine groups is 1. The average Bonchev–Trinajstić information content (AvgIpc) is 3.00. The van der Waals surface area contributed by atoms with E-state index in [0.29, 0.717) is 5.70 Å². The van der Waals surface area contributed by atoms with Gasteiger partial charge in [-0.1, -0.05) is 6.07 Å². The molecule has 1 aliphatic rings. The minimum absolute atomic E-state index is 0.0980. The molecule has 2 heterocycles. The summed E-state index contributed by atoms with van der Waals surface area (Å²) in [5, 5.41) is 5.20. The van der Waals surface area contributed by atoms with E-state index in [1.165, 1.54) is 34.4 Å². The molecule has 1 amide bonds. The zero-order valence-corrected chi connectivity index (χ0v) is 16.9. The normalized spacial score (nSPS) is 16.5. The van der Waals surface area contributed by atoms with Gasteiger partial charge >= 0.3 is 6.61 Å². The molecule has 0 fully saturated rings. The van der Waals surface area contributed by atoms with Crippen LogP contribution >= 0.6 is 0 Å². The maximum absolute atomic E-state index is 13.9. The van der Waals surface area contributed by atoms with E-state index < -0.39 is 35.9 Å². The van der Waals surface area contributed by atoms with Gasteiger partial charge in [-0.3, -0.25) is 4.79 Å². The monoisotopic (exact) mass is 440 g/mol. The van der Waals surface area contributed by atoms with Crippen molar-refractivity contribution in [3.8, 4) is 11.6 Å². The smallest absolute Gasteiger partial charge is 0.387 e. The fourth-order valence-electron chi connectivity index (χ4n) is 3.08. The van der Waals surface area contributed by atoms with Crippen LogP contribution < -0.4 is 14.8 Å². The number of amides is 1. The van der Waals surface area contributed by atoms with Gasteiger partial charge < -0.3 is 19.8 Å². The molecule has 0 aliphatic carbocycles. The summed E-state index contributed by atoms with van der Waals surface area (Å²) in [6.45, 7) is -1.10. The summed E-state index contributed by atoms with van der Waals surface area (Å²) in [4.78, 5) is 16.8. The van der Waals surface area contributed by atoms with Crippen LogP contribution in [0, 0.1) is 11.6 Å². The standard InChI is InChI=1S/C20H20F4N4O3/c1-4-30-17-9-16(31-20(23)24)11(10-25-17)14-8-15(28(3)27(14)2)19(29)26-18-12(21)6-5-7-13(18)22/h5-10,15,20H,4H2,1-3H3,(H,26,29). The predicted octanol–water partition coefficient (Wildman–Crippen LogP) is 3.50. The highest BCUT2D eigenvalue weighted by Gasteiger charge is 2.34. The fourth-order valence-corrected chi connectivity index (χ4v) is 3.08. The van der Waals surface area contributed by atoms with Crippen molar-refractivity contribution in [3.05, 3.63) is 53.7 Å². The van der Waals surface area contributed by atoms with Gasteiger partial charge in [0.05, 0.1) is 17.9 Å². The minimum Gasteiger partial charge on any atom is -0.478 e. The van der Waals surface area contributed by atoms with E-state index >= 15 is 0 Å². The zero-order chi connectivity index (χ0) is 22.7. The number of ether oxygens (including phenoxy) is 2. The van der Waals surface area contributed by atoms with E-state index in [-0.39, 0.29) is 23.8 Å². The molecule has 0 saturated heterocycles. The molecule has 1 N–H and O–H groups in total. The first-order valence-electron chi connectivity index (χ1n) is 9.24. The van der Waals surface area contributed by atoms with Crippen molar-refractivity contribution >= 4 is 17.3 Å². The Labute approximate surface area is 175 Å². The number of carbonyl (C=O) groups is 1. The molecule has 0 spiro atoms. The van der Waals surface area contributed by atoms with E-state index in [1.54, 1.807) is 21.0 Å². The van der Waals surface area contributed by atoms with Crippen molar-refractivity contribution in [2.75, 3.05) is 26.0 Å². The molecule has 2 aromatic rings. The Morgan fingerprint density at radius 1 is 1.26 bits per heavy atom. The summed E-state index contributed by atoms with van der Waals surface area (Å²) >= 11 is 0. The van der Waals surface area contributed by atoms with Gasteiger partial charge in [-0.15, -0.1) is 0 Å². The maximum atomic E-state index is 13.9. The number of aromatic nitrogens is 1. The van der Waals surface area contributed by atoms with Crippen molar-refractivity contribution < 1.29 is 31.8 Å². The van der Waals surface area contributed by atoms with E-state index in [9.17, 15) is 22.4 Å². The van der Waals surface area contributed by atoms with Crippen LogP contribution in [0.5, 0.6) is 11.6 Å². The van der Waals surface area contributed by atoms with Crippen molar-refractivity contribution in [3.63, 3.8) is 0 Å². The molecule has 1 aliphatic heterocycles. The summed E-state index contributed by atoms with van der Waals surface area (Å²) in [6, 6.07) is 3.46. The molecular weight excluding hydrogens is 420 g/mol. The molecule has 1 aromatic heterocycles. The largest absolute Gasteiger partial charge is 0.478 e. The SMILES string of the molecule is CCOc1cc(OC(F)F)c(C2=CC(C(=O)Nc3c(F)cccc3F)N(C)N2C)cn1. The number of carbonyl (C=O) groups excluding carboxylic acids is 1. The second-order valence-corrected chi connectivity index (χ2v) is 6.51. The lowest BCUT2D eigenvalue weighted by molar-refractivity contribution is -0.121. The number of anilines is 1. The van der Waals surface area contributed by atoms with Crippen LogP contribution in [-0.2, 0) is 4.79 Å². The summed E-state index contributed by atoms with van der Waals surface area (Å²) in [6.07, 6.45) is 2.74. The predicted molar refractivity (Wildman–Crippen MR) is 104 cm³/mol. The summed E-state index contributed by atoms with van der Waals surface area (Å²) < 4.78 is 63.5. The number of rotatable bonds is 7. The first kappa shape index (κ1) is 22.3. The van der Waals surface area contributed by atoms with Crippen LogP contribution in [0.2, 0.25) is 0 Å². The number of alkyl halides is 2. The number of pyridine rings is 1. The van der Waals surface area contributed by atoms with E-state index in [4.69, 9.17) is 4.74 Å². The Morgan fingerprint density at radius 2 is 1.94 bits per heavy atom. The van der Waals surface area contributed by atoms with Crippen molar-refractivity contribution in [1.82, 2.24) is 15.0 Å². The second-order valence-electron chi connectivity index (χ2n) is 6.51. The van der Waals surface area contributed by atoms with Crippen LogP contribution in [0.3, 0.4) is 0 Å². The Hall–Kier alpha value is -3.34. The third-order valence-electron chi connectivity index (χ3n) is 4.64. The van der Waals surface area contributed by atoms with Crippen LogP contribution in [0.1, 0.15) is 12.5 Å². The molecule has 1 aromatic carbocycles. The first-order chi connectivity index (χ1) is 14.7. The minimum atomic E-state index is -3.09. The Balaban J connectivity index is 1.93. The highest BCUT2D eigenvalue weighted by atomic mass is 19.3. The van der Waals surface area contributed by atoms with E-state index in [2.05, 4.69) is 15.0 Å². The molecule has 166 valence electrons. The zero-order valence-electron chi connectivity index (χ0n) is 16.9. The highest BCUT2D eigenvalue weighted by Crippen LogP contribution is 2.36. The Kier molecular flexibility index (Phi) is 6.64. The van der Waals surface area contributed by atoms with Crippen molar-refractivity contribution in [2.45, 2.75) is 19.6 Å². The lowest BCUT2D eigenvalue weighted by Crippen LogP contribution is -2.43. The van der Waals surface area contributed by atoms with Gasteiger partial charge in [0.25, 0.3) is 0 Å². The molecule has 0 saturated carbocycles. The molecule has 1 atom stereocenters. The first-order valence-corrected chi connectivity index (χ1v) is 9.24. The van der Waals surface area contributed by atoms with Crippen LogP contribution in [0.15, 0.2) is 36.5 Å². The maximum Gasteiger partial charge on any atom is 0.387 e. The number of para-hydroxylation sites is 1. The van der Waals surface area contributed by atoms with Crippen molar-refractivity contribution in [2.24, 2.45) is 0 Å². The number of hydrogen-bond donors (Lipinski definition) is 1. The molecule has 1 unspecified atom stereocenters. The lowest BCUT2D eigenvalue weighted by Gasteiger charge is -2.29. The van der Waals surface area contributed by atoms with Gasteiger partial charge in [0.15, 0.2) is 0 Å². The van der Waals surface area contributed by atoms with Crippen LogP contribution in [0.4, 0.5) is 23.2 Å². The van der Waals surface area contributed by atoms with Gasteiger partial charge in [-0.25, -0.2) is 18.8 Å². The van der Waals surface area contributed by atoms with Gasteiger partial charge in [0.2, 0.25) is 11.8 Å². The Bertz CT molecular complexity index is 982. The van der Waals surface area contributed by atoms with Crippen LogP contribution in [0.25, 0.3) is 5.70 Å². The summed E-state index contributed by atoms with van der Waals surface area (Å²) in [5.74, 6) is -2.66. The number of halogens is 4. The third-order valence-corrected chi connectivity index (χ3v) is 4.64. The molecule has 7 nitrogen and oxygen atoms in total. The second kappa shape index (κ2) is 9.21. The molecule has 31 heavy (non-hydrogen) atoms. The Morgan fingerprint density at radius 3 is 2.55 bits per heavy atom. The quantitative estimate of drug-likeness (QED) is 0.665. The fraction of sp³-hybridized carbons (Fsp3) is 0.300. The number of likely N-dealkylation sites (N-methyl/N-ethyl adjacent to an activating group) is 1. The van der Waals surface area contributed by atoms with Crippen LogP contribution in [-0.4, -0.2) is 54.3 Å². The van der Waals surface area contributed by atoms with Crippen molar-refractivity contribution in [1.29, 1.82) is 0 Å². The third kappa shape index (κ3) is 4.71. The molecule has 3 rings (SSSR count). The molecule has 0 radical (unpaired) electrons. The number of benzene rings is 1. The van der Waals surface area contributed by atoms with Gasteiger partial charge in [0.1, 0.15) is 29.1 Å². The summed E-state index contributed by atoms with van der Waals surface area (Å²) in [5.41, 5.74) is -0.0526. The number of hydrogen-bond acceptors (Lipinski definition) is 6. The highest BCUT2D eigenvalue weighted by molar-refractivity contribution is 5.98. The topological polar surface area (TPSA) is 66.9 Å².